The molecule has 5 rings (SSSR count). The third-order valence-electron chi connectivity index (χ3n) is 6.14. The van der Waals surface area contributed by atoms with Crippen molar-refractivity contribution in [2.24, 2.45) is 4.99 Å². The quantitative estimate of drug-likeness (QED) is 0.671. The maximum Gasteiger partial charge on any atom is 0.248 e. The molecule has 0 bridgehead atoms. The lowest BCUT2D eigenvalue weighted by atomic mass is 10.1. The Morgan fingerprint density at radius 3 is 2.36 bits per heavy atom. The van der Waals surface area contributed by atoms with Crippen LogP contribution in [0.4, 0.5) is 23.0 Å². The third-order valence-corrected chi connectivity index (χ3v) is 6.14. The van der Waals surface area contributed by atoms with Crippen LogP contribution in [0.1, 0.15) is 11.3 Å². The molecule has 1 saturated heterocycles. The predicted molar refractivity (Wildman–Crippen MR) is 132 cm³/mol. The molecule has 1 amide bonds. The molecule has 0 saturated carbocycles. The normalized spacial score (nSPS) is 16.8. The lowest BCUT2D eigenvalue weighted by Gasteiger charge is -2.34. The van der Waals surface area contributed by atoms with Crippen LogP contribution in [0.15, 0.2) is 65.8 Å². The maximum atomic E-state index is 12.5. The molecule has 2 aliphatic rings. The Labute approximate surface area is 193 Å². The van der Waals surface area contributed by atoms with E-state index in [1.165, 1.54) is 5.69 Å². The van der Waals surface area contributed by atoms with Gasteiger partial charge in [0.15, 0.2) is 0 Å². The minimum atomic E-state index is -0.0917. The van der Waals surface area contributed by atoms with Gasteiger partial charge in [-0.3, -0.25) is 9.79 Å². The Hall–Kier alpha value is -3.78. The van der Waals surface area contributed by atoms with Crippen molar-refractivity contribution in [2.75, 3.05) is 61.9 Å². The van der Waals surface area contributed by atoms with Crippen molar-refractivity contribution in [1.29, 1.82) is 0 Å². The summed E-state index contributed by atoms with van der Waals surface area (Å²) in [6.45, 7) is 4.29. The second-order valence-corrected chi connectivity index (χ2v) is 8.37. The van der Waals surface area contributed by atoms with Crippen LogP contribution in [0.2, 0.25) is 0 Å². The second-order valence-electron chi connectivity index (χ2n) is 8.37. The SMILES string of the molecule is CN1CCN(c2ccc(Nc3ncc4c(n3)C(c3ccccc3)=NCC(=O)N4C)cc2)CC1. The molecule has 0 radical (unpaired) electrons. The predicted octanol–water partition coefficient (Wildman–Crippen LogP) is 2.79. The van der Waals surface area contributed by atoms with E-state index in [0.29, 0.717) is 23.0 Å². The lowest BCUT2D eigenvalue weighted by Crippen LogP contribution is -2.44. The number of carbonyl (C=O) groups is 1. The summed E-state index contributed by atoms with van der Waals surface area (Å²) >= 11 is 0. The summed E-state index contributed by atoms with van der Waals surface area (Å²) in [7, 11) is 3.89. The van der Waals surface area contributed by atoms with E-state index < -0.39 is 0 Å². The van der Waals surface area contributed by atoms with E-state index in [-0.39, 0.29) is 12.5 Å². The molecule has 33 heavy (non-hydrogen) atoms. The first-order valence-corrected chi connectivity index (χ1v) is 11.1. The highest BCUT2D eigenvalue weighted by Gasteiger charge is 2.25. The number of carbonyl (C=O) groups excluding carboxylic acids is 1. The molecule has 0 spiro atoms. The number of rotatable bonds is 4. The number of nitrogens with zero attached hydrogens (tertiary/aromatic N) is 6. The molecule has 0 unspecified atom stereocenters. The molecular weight excluding hydrogens is 414 g/mol. The van der Waals surface area contributed by atoms with E-state index in [2.05, 4.69) is 44.3 Å². The topological polar surface area (TPSA) is 77.0 Å². The first kappa shape index (κ1) is 21.1. The molecule has 1 N–H and O–H groups in total. The van der Waals surface area contributed by atoms with E-state index in [1.807, 2.05) is 42.5 Å². The van der Waals surface area contributed by atoms with E-state index >= 15 is 0 Å². The molecule has 3 aromatic rings. The van der Waals surface area contributed by atoms with Crippen LogP contribution in [0.3, 0.4) is 0 Å². The number of anilines is 4. The van der Waals surface area contributed by atoms with Crippen molar-refractivity contribution in [1.82, 2.24) is 14.9 Å². The monoisotopic (exact) mass is 441 g/mol. The van der Waals surface area contributed by atoms with E-state index in [1.54, 1.807) is 18.1 Å². The molecule has 3 heterocycles. The van der Waals surface area contributed by atoms with Gasteiger partial charge in [-0.1, -0.05) is 30.3 Å². The van der Waals surface area contributed by atoms with Gasteiger partial charge in [0.25, 0.3) is 0 Å². The number of nitrogens with one attached hydrogen (secondary N) is 1. The van der Waals surface area contributed by atoms with Gasteiger partial charge in [-0.2, -0.15) is 0 Å². The van der Waals surface area contributed by atoms with Gasteiger partial charge in [0, 0.05) is 50.2 Å². The first-order valence-electron chi connectivity index (χ1n) is 11.1. The van der Waals surface area contributed by atoms with Gasteiger partial charge < -0.3 is 20.0 Å². The highest BCUT2D eigenvalue weighted by Crippen LogP contribution is 2.26. The molecule has 1 fully saturated rings. The fourth-order valence-electron chi connectivity index (χ4n) is 4.09. The fraction of sp³-hybridized carbons (Fsp3) is 0.280. The Morgan fingerprint density at radius 1 is 0.909 bits per heavy atom. The minimum absolute atomic E-state index is 0.0770. The number of likely N-dealkylation sites (N-methyl/N-ethyl adjacent to an activating group) is 2. The summed E-state index contributed by atoms with van der Waals surface area (Å²) in [5.41, 5.74) is 5.03. The Bertz CT molecular complexity index is 1170. The number of aromatic nitrogens is 2. The summed E-state index contributed by atoms with van der Waals surface area (Å²) in [6, 6.07) is 18.2. The standard InChI is InChI=1S/C25H27N7O/c1-30-12-14-32(15-13-30)20-10-8-19(9-11-20)28-25-27-16-21-24(29-25)23(18-6-4-3-5-7-18)26-17-22(33)31(21)2/h3-11,16H,12-15,17H2,1-2H3,(H,27,28,29). The Morgan fingerprint density at radius 2 is 1.64 bits per heavy atom. The van der Waals surface area contributed by atoms with Gasteiger partial charge in [-0.05, 0) is 31.3 Å². The van der Waals surface area contributed by atoms with Crippen molar-refractivity contribution in [3.8, 4) is 0 Å². The highest BCUT2D eigenvalue weighted by atomic mass is 16.2. The minimum Gasteiger partial charge on any atom is -0.369 e. The summed E-state index contributed by atoms with van der Waals surface area (Å²) in [6.07, 6.45) is 1.69. The number of hydrogen-bond acceptors (Lipinski definition) is 7. The summed E-state index contributed by atoms with van der Waals surface area (Å²) in [5, 5.41) is 3.30. The van der Waals surface area contributed by atoms with Crippen LogP contribution in [0.5, 0.6) is 0 Å². The number of fused-ring (bicyclic) bond motifs is 1. The largest absolute Gasteiger partial charge is 0.369 e. The maximum absolute atomic E-state index is 12.5. The first-order chi connectivity index (χ1) is 16.1. The summed E-state index contributed by atoms with van der Waals surface area (Å²) < 4.78 is 0. The molecule has 168 valence electrons. The van der Waals surface area contributed by atoms with Crippen molar-refractivity contribution >= 4 is 34.6 Å². The van der Waals surface area contributed by atoms with Crippen LogP contribution in [-0.4, -0.2) is 73.3 Å². The van der Waals surface area contributed by atoms with E-state index in [4.69, 9.17) is 4.98 Å². The summed E-state index contributed by atoms with van der Waals surface area (Å²) in [5.74, 6) is 0.374. The molecule has 8 nitrogen and oxygen atoms in total. The fourth-order valence-corrected chi connectivity index (χ4v) is 4.09. The zero-order chi connectivity index (χ0) is 22.8. The number of piperazine rings is 1. The van der Waals surface area contributed by atoms with Crippen LogP contribution in [-0.2, 0) is 4.79 Å². The van der Waals surface area contributed by atoms with Gasteiger partial charge in [0.05, 0.1) is 17.6 Å². The van der Waals surface area contributed by atoms with Crippen molar-refractivity contribution < 1.29 is 4.79 Å². The molecule has 0 aliphatic carbocycles. The van der Waals surface area contributed by atoms with Gasteiger partial charge >= 0.3 is 0 Å². The highest BCUT2D eigenvalue weighted by molar-refractivity contribution is 6.18. The van der Waals surface area contributed by atoms with Crippen LogP contribution in [0, 0.1) is 0 Å². The van der Waals surface area contributed by atoms with Crippen molar-refractivity contribution in [3.63, 3.8) is 0 Å². The zero-order valence-corrected chi connectivity index (χ0v) is 18.9. The number of hydrogen-bond donors (Lipinski definition) is 1. The van der Waals surface area contributed by atoms with E-state index in [9.17, 15) is 4.79 Å². The molecule has 1 aromatic heterocycles. The molecular formula is C25H27N7O. The molecule has 0 atom stereocenters. The van der Waals surface area contributed by atoms with Gasteiger partial charge in [-0.15, -0.1) is 0 Å². The molecule has 2 aromatic carbocycles. The number of benzene rings is 2. The lowest BCUT2D eigenvalue weighted by molar-refractivity contribution is -0.116. The van der Waals surface area contributed by atoms with Gasteiger partial charge in [0.1, 0.15) is 12.2 Å². The smallest absolute Gasteiger partial charge is 0.248 e. The zero-order valence-electron chi connectivity index (χ0n) is 18.9. The Balaban J connectivity index is 1.41. The van der Waals surface area contributed by atoms with E-state index in [0.717, 1.165) is 37.4 Å². The average Bonchev–Trinajstić information content (AvgIpc) is 2.97. The van der Waals surface area contributed by atoms with Gasteiger partial charge in [-0.25, -0.2) is 9.97 Å². The average molecular weight is 442 g/mol. The number of aliphatic imine (C=N–C) groups is 1. The van der Waals surface area contributed by atoms with Crippen molar-refractivity contribution in [2.45, 2.75) is 0 Å². The Kier molecular flexibility index (Phi) is 5.75. The number of amides is 1. The second kappa shape index (κ2) is 8.99. The van der Waals surface area contributed by atoms with Crippen molar-refractivity contribution in [3.05, 3.63) is 72.1 Å². The molecule has 8 heteroatoms. The van der Waals surface area contributed by atoms with Crippen LogP contribution in [0.25, 0.3) is 0 Å². The van der Waals surface area contributed by atoms with Gasteiger partial charge in [0.2, 0.25) is 11.9 Å². The van der Waals surface area contributed by atoms with Crippen LogP contribution >= 0.6 is 0 Å². The third kappa shape index (κ3) is 4.42. The summed E-state index contributed by atoms with van der Waals surface area (Å²) in [4.78, 5) is 32.6. The van der Waals surface area contributed by atoms with Crippen LogP contribution < -0.4 is 15.1 Å². The molecule has 2 aliphatic heterocycles.